The number of rotatable bonds is 6. The molecule has 6 nitrogen and oxygen atoms in total. The van der Waals surface area contributed by atoms with Crippen LogP contribution in [0.15, 0.2) is 72.8 Å². The van der Waals surface area contributed by atoms with Gasteiger partial charge in [0.15, 0.2) is 0 Å². The third kappa shape index (κ3) is 5.74. The van der Waals surface area contributed by atoms with Crippen LogP contribution in [0.5, 0.6) is 0 Å². The summed E-state index contributed by atoms with van der Waals surface area (Å²) in [5, 5.41) is 5.09. The monoisotopic (exact) mass is 523 g/mol. The molecule has 0 aliphatic carbocycles. The molecule has 9 heteroatoms. The van der Waals surface area contributed by atoms with Crippen molar-refractivity contribution in [3.63, 3.8) is 0 Å². The zero-order valence-electron chi connectivity index (χ0n) is 20.8. The first-order valence-corrected chi connectivity index (χ1v) is 12.6. The smallest absolute Gasteiger partial charge is 0.372 e. The van der Waals surface area contributed by atoms with Gasteiger partial charge in [0.2, 0.25) is 5.91 Å². The van der Waals surface area contributed by atoms with Crippen LogP contribution in [0.1, 0.15) is 35.7 Å². The van der Waals surface area contributed by atoms with Crippen LogP contribution in [0.3, 0.4) is 0 Å². The summed E-state index contributed by atoms with van der Waals surface area (Å²) >= 11 is 0. The van der Waals surface area contributed by atoms with Crippen molar-refractivity contribution in [3.8, 4) is 11.1 Å². The molecule has 3 atom stereocenters. The van der Waals surface area contributed by atoms with Gasteiger partial charge in [0.1, 0.15) is 0 Å². The second-order valence-electron chi connectivity index (χ2n) is 9.73. The van der Waals surface area contributed by atoms with Gasteiger partial charge >= 0.3 is 6.18 Å². The second kappa shape index (κ2) is 10.6. The molecule has 2 aliphatic heterocycles. The Morgan fingerprint density at radius 1 is 0.895 bits per heavy atom. The minimum absolute atomic E-state index is 0.0510. The van der Waals surface area contributed by atoms with Gasteiger partial charge in [-0.15, -0.1) is 0 Å². The molecule has 198 valence electrons. The first kappa shape index (κ1) is 25.9. The van der Waals surface area contributed by atoms with Gasteiger partial charge in [0.25, 0.3) is 5.91 Å². The molecular formula is C29H28F3N3O3. The number of amides is 2. The maximum atomic E-state index is 13.7. The first-order valence-electron chi connectivity index (χ1n) is 12.6. The molecule has 5 rings (SSSR count). The molecule has 3 unspecified atom stereocenters. The molecule has 2 amide bonds. The Hall–Kier alpha value is -3.69. The van der Waals surface area contributed by atoms with Crippen LogP contribution in [0.4, 0.5) is 24.5 Å². The van der Waals surface area contributed by atoms with Gasteiger partial charge in [-0.1, -0.05) is 42.5 Å². The Morgan fingerprint density at radius 3 is 2.16 bits per heavy atom. The summed E-state index contributed by atoms with van der Waals surface area (Å²) < 4.78 is 47.0. The molecule has 3 aromatic carbocycles. The maximum Gasteiger partial charge on any atom is 0.418 e. The van der Waals surface area contributed by atoms with Gasteiger partial charge in [-0.05, 0) is 61.2 Å². The van der Waals surface area contributed by atoms with Crippen molar-refractivity contribution in [2.45, 2.75) is 44.2 Å². The molecule has 2 saturated heterocycles. The Balaban J connectivity index is 1.31. The quantitative estimate of drug-likeness (QED) is 0.428. The number of hydrogen-bond donors (Lipinski definition) is 2. The number of nitrogens with one attached hydrogen (secondary N) is 2. The lowest BCUT2D eigenvalue weighted by Crippen LogP contribution is -2.51. The highest BCUT2D eigenvalue weighted by molar-refractivity contribution is 6.05. The third-order valence-electron chi connectivity index (χ3n) is 7.09. The van der Waals surface area contributed by atoms with Crippen LogP contribution in [0.25, 0.3) is 11.1 Å². The number of carbonyl (C=O) groups excluding carboxylic acids is 2. The fourth-order valence-electron chi connectivity index (χ4n) is 4.99. The molecule has 2 fully saturated rings. The molecular weight excluding hydrogens is 495 g/mol. The van der Waals surface area contributed by atoms with Crippen molar-refractivity contribution in [3.05, 3.63) is 83.9 Å². The molecule has 0 saturated carbocycles. The Kier molecular flexibility index (Phi) is 7.23. The normalized spacial score (nSPS) is 20.1. The summed E-state index contributed by atoms with van der Waals surface area (Å²) in [6, 6.07) is 19.1. The van der Waals surface area contributed by atoms with Crippen LogP contribution in [0.2, 0.25) is 0 Å². The van der Waals surface area contributed by atoms with E-state index in [2.05, 4.69) is 10.6 Å². The molecule has 0 aromatic heterocycles. The summed E-state index contributed by atoms with van der Waals surface area (Å²) in [5.74, 6) is -1.02. The van der Waals surface area contributed by atoms with Crippen LogP contribution in [-0.2, 0) is 15.7 Å². The molecule has 0 radical (unpaired) electrons. The van der Waals surface area contributed by atoms with Crippen molar-refractivity contribution in [1.82, 2.24) is 4.90 Å². The summed E-state index contributed by atoms with van der Waals surface area (Å²) in [6.07, 6.45) is -2.74. The van der Waals surface area contributed by atoms with E-state index in [1.54, 1.807) is 19.1 Å². The number of morpholine rings is 1. The molecule has 2 heterocycles. The van der Waals surface area contributed by atoms with E-state index >= 15 is 0 Å². The van der Waals surface area contributed by atoms with Crippen molar-refractivity contribution in [2.24, 2.45) is 0 Å². The Bertz CT molecular complexity index is 1300. The van der Waals surface area contributed by atoms with Crippen molar-refractivity contribution in [2.75, 3.05) is 23.7 Å². The average molecular weight is 524 g/mol. The summed E-state index contributed by atoms with van der Waals surface area (Å²) in [6.45, 7) is 2.81. The molecule has 0 spiro atoms. The van der Waals surface area contributed by atoms with Crippen molar-refractivity contribution < 1.29 is 27.5 Å². The number of alkyl halides is 3. The topological polar surface area (TPSA) is 70.7 Å². The zero-order valence-corrected chi connectivity index (χ0v) is 20.8. The van der Waals surface area contributed by atoms with Gasteiger partial charge in [-0.3, -0.25) is 14.5 Å². The van der Waals surface area contributed by atoms with Gasteiger partial charge in [0.05, 0.1) is 29.5 Å². The maximum absolute atomic E-state index is 13.7. The van der Waals surface area contributed by atoms with Gasteiger partial charge in [-0.2, -0.15) is 13.2 Å². The fraction of sp³-hybridized carbons (Fsp3) is 0.310. The van der Waals surface area contributed by atoms with Gasteiger partial charge in [0, 0.05) is 24.3 Å². The van der Waals surface area contributed by atoms with Crippen molar-refractivity contribution in [1.29, 1.82) is 0 Å². The zero-order chi connectivity index (χ0) is 26.9. The number of carbonyl (C=O) groups is 2. The number of likely N-dealkylation sites (tertiary alicyclic amines) is 1. The first-order chi connectivity index (χ1) is 18.2. The molecule has 3 aromatic rings. The number of nitrogens with zero attached hydrogens (tertiary/aromatic N) is 1. The van der Waals surface area contributed by atoms with Crippen LogP contribution in [0, 0.1) is 0 Å². The lowest BCUT2D eigenvalue weighted by molar-refractivity contribution is -0.137. The minimum atomic E-state index is -4.68. The number of halogens is 3. The molecule has 2 bridgehead atoms. The standard InChI is InChI=1S/C29H28F3N3O3/c1-18(35-16-23-12-13-24(17-35)38-23)27(36)34-26-15-22(11-14-25(26)29(30,31)32)33-28(37)21-9-7-20(8-10-21)19-5-3-2-4-6-19/h2-11,14-15,18,23-24H,12-13,16-17H2,1H3,(H,33,37)(H,34,36). The third-order valence-corrected chi connectivity index (χ3v) is 7.09. The summed E-state index contributed by atoms with van der Waals surface area (Å²) in [7, 11) is 0. The minimum Gasteiger partial charge on any atom is -0.372 e. The van der Waals surface area contributed by atoms with E-state index in [1.807, 2.05) is 47.4 Å². The number of benzene rings is 3. The van der Waals surface area contributed by atoms with Crippen molar-refractivity contribution >= 4 is 23.2 Å². The molecule has 2 aliphatic rings. The Labute approximate surface area is 218 Å². The fourth-order valence-corrected chi connectivity index (χ4v) is 4.99. The largest absolute Gasteiger partial charge is 0.418 e. The van der Waals surface area contributed by atoms with E-state index in [0.717, 1.165) is 36.1 Å². The highest BCUT2D eigenvalue weighted by atomic mass is 19.4. The van der Waals surface area contributed by atoms with Gasteiger partial charge in [-0.25, -0.2) is 0 Å². The average Bonchev–Trinajstić information content (AvgIpc) is 3.25. The molecule has 2 N–H and O–H groups in total. The highest BCUT2D eigenvalue weighted by Gasteiger charge is 2.38. The predicted molar refractivity (Wildman–Crippen MR) is 139 cm³/mol. The second-order valence-corrected chi connectivity index (χ2v) is 9.73. The van der Waals surface area contributed by atoms with E-state index in [9.17, 15) is 22.8 Å². The molecule has 38 heavy (non-hydrogen) atoms. The van der Waals surface area contributed by atoms with E-state index in [4.69, 9.17) is 4.74 Å². The summed E-state index contributed by atoms with van der Waals surface area (Å²) in [5.41, 5.74) is 1.05. The Morgan fingerprint density at radius 2 is 1.53 bits per heavy atom. The van der Waals surface area contributed by atoms with Gasteiger partial charge < -0.3 is 15.4 Å². The van der Waals surface area contributed by atoms with E-state index in [-0.39, 0.29) is 17.9 Å². The van der Waals surface area contributed by atoms with Crippen LogP contribution < -0.4 is 10.6 Å². The number of hydrogen-bond acceptors (Lipinski definition) is 4. The van der Waals surface area contributed by atoms with E-state index in [0.29, 0.717) is 18.7 Å². The highest BCUT2D eigenvalue weighted by Crippen LogP contribution is 2.37. The van der Waals surface area contributed by atoms with E-state index in [1.165, 1.54) is 6.07 Å². The number of anilines is 2. The SMILES string of the molecule is CC(C(=O)Nc1cc(NC(=O)c2ccc(-c3ccccc3)cc2)ccc1C(F)(F)F)N1CC2CCC(C1)O2. The number of ether oxygens (including phenoxy) is 1. The van der Waals surface area contributed by atoms with E-state index < -0.39 is 35.3 Å². The number of fused-ring (bicyclic) bond motifs is 2. The lowest BCUT2D eigenvalue weighted by atomic mass is 10.0. The van der Waals surface area contributed by atoms with Crippen LogP contribution >= 0.6 is 0 Å². The predicted octanol–water partition coefficient (Wildman–Crippen LogP) is 5.81. The van der Waals surface area contributed by atoms with Crippen LogP contribution in [-0.4, -0.2) is 48.1 Å². The lowest BCUT2D eigenvalue weighted by Gasteiger charge is -2.35. The summed E-state index contributed by atoms with van der Waals surface area (Å²) in [4.78, 5) is 27.7.